The van der Waals surface area contributed by atoms with Gasteiger partial charge in [-0.1, -0.05) is 36.4 Å². The van der Waals surface area contributed by atoms with E-state index in [1.54, 1.807) is 6.92 Å². The lowest BCUT2D eigenvalue weighted by Gasteiger charge is -2.35. The zero-order valence-electron chi connectivity index (χ0n) is 16.4. The van der Waals surface area contributed by atoms with Crippen LogP contribution in [0.1, 0.15) is 23.6 Å². The lowest BCUT2D eigenvalue weighted by molar-refractivity contribution is -0.129. The average Bonchev–Trinajstić information content (AvgIpc) is 2.73. The minimum atomic E-state index is -0.186. The number of rotatable bonds is 6. The van der Waals surface area contributed by atoms with Crippen molar-refractivity contribution in [2.75, 3.05) is 31.1 Å². The van der Waals surface area contributed by atoms with Crippen molar-refractivity contribution < 1.29 is 9.59 Å². The maximum absolute atomic E-state index is 11.5. The number of hydrogen-bond acceptors (Lipinski definition) is 4. The molecule has 1 aliphatic heterocycles. The van der Waals surface area contributed by atoms with Gasteiger partial charge in [-0.2, -0.15) is 0 Å². The number of piperazine rings is 1. The molecule has 2 aromatic rings. The normalized spacial score (nSPS) is 14.1. The molecule has 6 heteroatoms. The smallest absolute Gasteiger partial charge is 0.238 e. The van der Waals surface area contributed by atoms with Gasteiger partial charge in [-0.3, -0.25) is 15.0 Å². The fraction of sp³-hybridized carbons (Fsp3) is 0.364. The van der Waals surface area contributed by atoms with E-state index in [0.717, 1.165) is 44.6 Å². The molecule has 1 fully saturated rings. The van der Waals surface area contributed by atoms with Crippen LogP contribution in [0.25, 0.3) is 0 Å². The summed E-state index contributed by atoms with van der Waals surface area (Å²) < 4.78 is 0. The van der Waals surface area contributed by atoms with Crippen LogP contribution in [0.5, 0.6) is 0 Å². The van der Waals surface area contributed by atoms with Crippen molar-refractivity contribution in [2.45, 2.75) is 26.2 Å². The molecule has 148 valence electrons. The first-order valence-corrected chi connectivity index (χ1v) is 9.72. The van der Waals surface area contributed by atoms with Gasteiger partial charge in [-0.05, 0) is 41.7 Å². The summed E-state index contributed by atoms with van der Waals surface area (Å²) in [5.74, 6) is 5.10. The Hall–Kier alpha value is -2.86. The highest BCUT2D eigenvalue weighted by molar-refractivity contribution is 5.77. The highest BCUT2D eigenvalue weighted by atomic mass is 16.2. The Balaban J connectivity index is 1.55. The molecule has 0 saturated carbocycles. The van der Waals surface area contributed by atoms with Crippen LogP contribution in [0.4, 0.5) is 5.69 Å². The Morgan fingerprint density at radius 1 is 0.929 bits per heavy atom. The number of carbonyl (C=O) groups excluding carboxylic acids is 2. The second-order valence-electron chi connectivity index (χ2n) is 7.22. The molecule has 3 N–H and O–H groups in total. The summed E-state index contributed by atoms with van der Waals surface area (Å²) in [6.45, 7) is 4.96. The summed E-state index contributed by atoms with van der Waals surface area (Å²) in [6.07, 6.45) is 2.21. The molecule has 0 aliphatic carbocycles. The van der Waals surface area contributed by atoms with Crippen LogP contribution in [0.2, 0.25) is 0 Å². The predicted molar refractivity (Wildman–Crippen MR) is 111 cm³/mol. The second-order valence-corrected chi connectivity index (χ2v) is 7.22. The monoisotopic (exact) mass is 380 g/mol. The first kappa shape index (κ1) is 19.9. The molecule has 0 unspecified atom stereocenters. The Kier molecular flexibility index (Phi) is 6.66. The quantitative estimate of drug-likeness (QED) is 0.454. The standard InChI is InChI=1S/C22H28N4O2/c1-17(27)25-11-13-26(14-12-25)21-4-2-3-19(15-21)8-5-18-6-9-20(10-7-18)16-22(28)24-23/h2-4,6-7,9-10,15H,5,8,11-14,16,23H2,1H3,(H,24,28). The van der Waals surface area contributed by atoms with E-state index in [0.29, 0.717) is 6.42 Å². The van der Waals surface area contributed by atoms with E-state index in [2.05, 4.69) is 46.7 Å². The number of nitrogens with two attached hydrogens (primary N) is 1. The Morgan fingerprint density at radius 3 is 2.21 bits per heavy atom. The van der Waals surface area contributed by atoms with E-state index in [-0.39, 0.29) is 11.8 Å². The van der Waals surface area contributed by atoms with Crippen molar-refractivity contribution in [3.05, 3.63) is 65.2 Å². The number of carbonyl (C=O) groups is 2. The summed E-state index contributed by atoms with van der Waals surface area (Å²) in [6, 6.07) is 16.8. The van der Waals surface area contributed by atoms with Gasteiger partial charge in [-0.25, -0.2) is 5.84 Å². The zero-order chi connectivity index (χ0) is 19.9. The summed E-state index contributed by atoms with van der Waals surface area (Å²) in [5, 5.41) is 0. The van der Waals surface area contributed by atoms with Crippen molar-refractivity contribution >= 4 is 17.5 Å². The maximum atomic E-state index is 11.5. The minimum absolute atomic E-state index is 0.156. The third-order valence-electron chi connectivity index (χ3n) is 5.25. The molecule has 1 saturated heterocycles. The van der Waals surface area contributed by atoms with E-state index in [4.69, 9.17) is 5.84 Å². The zero-order valence-corrected chi connectivity index (χ0v) is 16.4. The topological polar surface area (TPSA) is 78.7 Å². The van der Waals surface area contributed by atoms with Gasteiger partial charge in [-0.15, -0.1) is 0 Å². The summed E-state index contributed by atoms with van der Waals surface area (Å²) in [7, 11) is 0. The van der Waals surface area contributed by atoms with Crippen molar-refractivity contribution in [1.82, 2.24) is 10.3 Å². The molecule has 28 heavy (non-hydrogen) atoms. The van der Waals surface area contributed by atoms with E-state index in [9.17, 15) is 9.59 Å². The Morgan fingerprint density at radius 2 is 1.57 bits per heavy atom. The largest absolute Gasteiger partial charge is 0.368 e. The number of benzene rings is 2. The first-order valence-electron chi connectivity index (χ1n) is 9.72. The van der Waals surface area contributed by atoms with Gasteiger partial charge in [0.25, 0.3) is 0 Å². The lowest BCUT2D eigenvalue weighted by Crippen LogP contribution is -2.48. The van der Waals surface area contributed by atoms with Gasteiger partial charge in [0.2, 0.25) is 11.8 Å². The summed E-state index contributed by atoms with van der Waals surface area (Å²) >= 11 is 0. The van der Waals surface area contributed by atoms with Gasteiger partial charge >= 0.3 is 0 Å². The number of nitrogens with one attached hydrogen (secondary N) is 1. The van der Waals surface area contributed by atoms with E-state index in [1.165, 1.54) is 16.8 Å². The van der Waals surface area contributed by atoms with E-state index >= 15 is 0 Å². The van der Waals surface area contributed by atoms with Gasteiger partial charge in [0.15, 0.2) is 0 Å². The fourth-order valence-electron chi connectivity index (χ4n) is 3.54. The van der Waals surface area contributed by atoms with Gasteiger partial charge < -0.3 is 9.80 Å². The number of hydrogen-bond donors (Lipinski definition) is 2. The summed E-state index contributed by atoms with van der Waals surface area (Å²) in [5.41, 5.74) is 6.89. The van der Waals surface area contributed by atoms with Crippen molar-refractivity contribution in [1.29, 1.82) is 0 Å². The van der Waals surface area contributed by atoms with Crippen molar-refractivity contribution in [2.24, 2.45) is 5.84 Å². The molecule has 6 nitrogen and oxygen atoms in total. The fourth-order valence-corrected chi connectivity index (χ4v) is 3.54. The van der Waals surface area contributed by atoms with Crippen LogP contribution in [0.15, 0.2) is 48.5 Å². The molecule has 0 bridgehead atoms. The number of hydrazine groups is 1. The molecular weight excluding hydrogens is 352 g/mol. The molecule has 0 atom stereocenters. The van der Waals surface area contributed by atoms with E-state index < -0.39 is 0 Å². The molecule has 3 rings (SSSR count). The van der Waals surface area contributed by atoms with Crippen LogP contribution >= 0.6 is 0 Å². The van der Waals surface area contributed by atoms with Crippen molar-refractivity contribution in [3.8, 4) is 0 Å². The molecule has 2 amide bonds. The van der Waals surface area contributed by atoms with Crippen LogP contribution in [0, 0.1) is 0 Å². The lowest BCUT2D eigenvalue weighted by atomic mass is 10.0. The van der Waals surface area contributed by atoms with Crippen LogP contribution in [-0.4, -0.2) is 42.9 Å². The molecule has 0 radical (unpaired) electrons. The molecule has 0 aromatic heterocycles. The summed E-state index contributed by atoms with van der Waals surface area (Å²) in [4.78, 5) is 27.1. The van der Waals surface area contributed by atoms with Crippen LogP contribution < -0.4 is 16.2 Å². The SMILES string of the molecule is CC(=O)N1CCN(c2cccc(CCc3ccc(CC(=O)NN)cc3)c2)CC1. The molecule has 0 spiro atoms. The maximum Gasteiger partial charge on any atom is 0.238 e. The number of aryl methyl sites for hydroxylation is 2. The highest BCUT2D eigenvalue weighted by Gasteiger charge is 2.18. The minimum Gasteiger partial charge on any atom is -0.368 e. The highest BCUT2D eigenvalue weighted by Crippen LogP contribution is 2.19. The van der Waals surface area contributed by atoms with Crippen molar-refractivity contribution in [3.63, 3.8) is 0 Å². The van der Waals surface area contributed by atoms with Gasteiger partial charge in [0.05, 0.1) is 6.42 Å². The number of nitrogens with zero attached hydrogens (tertiary/aromatic N) is 2. The Labute approximate surface area is 166 Å². The predicted octanol–water partition coefficient (Wildman–Crippen LogP) is 1.67. The van der Waals surface area contributed by atoms with Crippen LogP contribution in [-0.2, 0) is 28.9 Å². The number of amides is 2. The molecular formula is C22H28N4O2. The third kappa shape index (κ3) is 5.33. The average molecular weight is 380 g/mol. The molecule has 1 heterocycles. The molecule has 2 aromatic carbocycles. The van der Waals surface area contributed by atoms with E-state index in [1.807, 2.05) is 17.0 Å². The van der Waals surface area contributed by atoms with Crippen LogP contribution in [0.3, 0.4) is 0 Å². The van der Waals surface area contributed by atoms with Gasteiger partial charge in [0.1, 0.15) is 0 Å². The third-order valence-corrected chi connectivity index (χ3v) is 5.25. The first-order chi connectivity index (χ1) is 13.5. The second kappa shape index (κ2) is 9.37. The Bertz CT molecular complexity index is 812. The number of anilines is 1. The molecule has 1 aliphatic rings. The van der Waals surface area contributed by atoms with Gasteiger partial charge in [0, 0.05) is 38.8 Å².